The van der Waals surface area contributed by atoms with Crippen molar-refractivity contribution in [2.24, 2.45) is 10.9 Å². The van der Waals surface area contributed by atoms with Gasteiger partial charge in [-0.3, -0.25) is 4.79 Å². The first kappa shape index (κ1) is 22.2. The molecule has 0 spiro atoms. The highest BCUT2D eigenvalue weighted by Crippen LogP contribution is 2.31. The van der Waals surface area contributed by atoms with Gasteiger partial charge >= 0.3 is 0 Å². The number of nitrogens with zero attached hydrogens (tertiary/aromatic N) is 3. The number of sulfonamides is 1. The number of hydrogen-bond acceptors (Lipinski definition) is 5. The number of carbonyl (C=O) groups is 1. The highest BCUT2D eigenvalue weighted by atomic mass is 79.9. The molecule has 0 radical (unpaired) electrons. The van der Waals surface area contributed by atoms with Crippen molar-refractivity contribution in [2.45, 2.75) is 30.5 Å². The number of fused-ring (bicyclic) bond motifs is 1. The van der Waals surface area contributed by atoms with Crippen LogP contribution in [0.5, 0.6) is 0 Å². The molecule has 0 bridgehead atoms. The number of hydrogen-bond donors (Lipinski definition) is 0. The van der Waals surface area contributed by atoms with E-state index >= 15 is 0 Å². The third-order valence-electron chi connectivity index (χ3n) is 5.12. The summed E-state index contributed by atoms with van der Waals surface area (Å²) in [4.78, 5) is 18.0. The van der Waals surface area contributed by atoms with E-state index in [0.29, 0.717) is 41.6 Å². The molecule has 2 aromatic heterocycles. The largest absolute Gasteiger partial charge is 0.316 e. The highest BCUT2D eigenvalue weighted by Gasteiger charge is 2.33. The molecule has 30 heavy (non-hydrogen) atoms. The van der Waals surface area contributed by atoms with Gasteiger partial charge in [0.05, 0.1) is 14.6 Å². The summed E-state index contributed by atoms with van der Waals surface area (Å²) < 4.78 is 31.7. The van der Waals surface area contributed by atoms with Gasteiger partial charge in [-0.15, -0.1) is 11.3 Å². The van der Waals surface area contributed by atoms with Gasteiger partial charge < -0.3 is 4.57 Å². The van der Waals surface area contributed by atoms with Gasteiger partial charge in [0.25, 0.3) is 15.9 Å². The van der Waals surface area contributed by atoms with Crippen LogP contribution in [0.25, 0.3) is 10.2 Å². The monoisotopic (exact) mass is 547 g/mol. The maximum atomic E-state index is 12.9. The van der Waals surface area contributed by atoms with Crippen LogP contribution in [-0.2, 0) is 21.4 Å². The van der Waals surface area contributed by atoms with E-state index in [9.17, 15) is 13.2 Å². The van der Waals surface area contributed by atoms with Crippen LogP contribution in [0.2, 0.25) is 4.34 Å². The predicted octanol–water partition coefficient (Wildman–Crippen LogP) is 4.73. The summed E-state index contributed by atoms with van der Waals surface area (Å²) in [5.74, 6) is -0.460. The van der Waals surface area contributed by atoms with E-state index in [1.54, 1.807) is 6.07 Å². The normalized spacial score (nSPS) is 17.1. The lowest BCUT2D eigenvalue weighted by Gasteiger charge is -2.29. The lowest BCUT2D eigenvalue weighted by molar-refractivity contribution is -0.122. The van der Waals surface area contributed by atoms with Crippen molar-refractivity contribution in [3.63, 3.8) is 0 Å². The Morgan fingerprint density at radius 2 is 1.97 bits per heavy atom. The standard InChI is InChI=1S/C19H19BrClN3O3S3/c1-2-24-17-13(20)4-3-5-14(17)28-19(24)22-18(25)12-8-10-23(11-9-12)30(26,27)16-7-6-15(21)29-16/h3-7,12H,2,8-11H2,1H3. The number of thiazole rings is 1. The van der Waals surface area contributed by atoms with E-state index in [1.165, 1.54) is 21.7 Å². The van der Waals surface area contributed by atoms with E-state index in [1.807, 2.05) is 29.7 Å². The highest BCUT2D eigenvalue weighted by molar-refractivity contribution is 9.10. The molecule has 6 nitrogen and oxygen atoms in total. The Bertz CT molecular complexity index is 1270. The SMILES string of the molecule is CCn1c(=NC(=O)C2CCN(S(=O)(=O)c3ccc(Cl)s3)CC2)sc2cccc(Br)c21. The van der Waals surface area contributed by atoms with Crippen molar-refractivity contribution in [3.05, 3.63) is 43.9 Å². The summed E-state index contributed by atoms with van der Waals surface area (Å²) >= 11 is 12.0. The molecule has 4 rings (SSSR count). The van der Waals surface area contributed by atoms with E-state index in [2.05, 4.69) is 20.9 Å². The number of para-hydroxylation sites is 1. The average molecular weight is 549 g/mol. The minimum absolute atomic E-state index is 0.184. The first-order chi connectivity index (χ1) is 14.3. The van der Waals surface area contributed by atoms with Gasteiger partial charge in [-0.05, 0) is 60.0 Å². The first-order valence-electron chi connectivity index (χ1n) is 9.43. The molecule has 1 aromatic carbocycles. The molecule has 1 amide bonds. The molecule has 0 unspecified atom stereocenters. The Balaban J connectivity index is 1.53. The quantitative estimate of drug-likeness (QED) is 0.473. The van der Waals surface area contributed by atoms with Crippen LogP contribution in [0.4, 0.5) is 0 Å². The molecule has 3 heterocycles. The van der Waals surface area contributed by atoms with Gasteiger partial charge in [0.2, 0.25) is 0 Å². The van der Waals surface area contributed by atoms with Crippen molar-refractivity contribution in [1.29, 1.82) is 0 Å². The van der Waals surface area contributed by atoms with Crippen LogP contribution in [0.15, 0.2) is 44.0 Å². The fraction of sp³-hybridized carbons (Fsp3) is 0.368. The zero-order valence-electron chi connectivity index (χ0n) is 16.0. The number of piperidine rings is 1. The van der Waals surface area contributed by atoms with Gasteiger partial charge in [0.1, 0.15) is 4.21 Å². The van der Waals surface area contributed by atoms with Crippen molar-refractivity contribution in [3.8, 4) is 0 Å². The maximum Gasteiger partial charge on any atom is 0.252 e. The number of rotatable bonds is 4. The van der Waals surface area contributed by atoms with Crippen molar-refractivity contribution >= 4 is 76.4 Å². The molecule has 0 atom stereocenters. The van der Waals surface area contributed by atoms with Gasteiger partial charge in [-0.1, -0.05) is 29.0 Å². The second-order valence-electron chi connectivity index (χ2n) is 6.90. The number of benzene rings is 1. The Kier molecular flexibility index (Phi) is 6.53. The lowest BCUT2D eigenvalue weighted by Crippen LogP contribution is -2.40. The predicted molar refractivity (Wildman–Crippen MR) is 125 cm³/mol. The van der Waals surface area contributed by atoms with Crippen LogP contribution in [0.3, 0.4) is 0 Å². The van der Waals surface area contributed by atoms with Gasteiger partial charge in [-0.25, -0.2) is 8.42 Å². The number of halogens is 2. The first-order valence-corrected chi connectivity index (χ1v) is 13.7. The van der Waals surface area contributed by atoms with Gasteiger partial charge in [0.15, 0.2) is 4.80 Å². The molecule has 0 aliphatic carbocycles. The van der Waals surface area contributed by atoms with E-state index in [-0.39, 0.29) is 16.0 Å². The summed E-state index contributed by atoms with van der Waals surface area (Å²) in [5.41, 5.74) is 1.03. The molecule has 0 saturated carbocycles. The maximum absolute atomic E-state index is 12.9. The molecule has 1 fully saturated rings. The Labute approximate surface area is 196 Å². The Morgan fingerprint density at radius 3 is 2.60 bits per heavy atom. The minimum Gasteiger partial charge on any atom is -0.316 e. The van der Waals surface area contributed by atoms with Gasteiger partial charge in [-0.2, -0.15) is 9.30 Å². The molecule has 3 aromatic rings. The molecular formula is C19H19BrClN3O3S3. The van der Waals surface area contributed by atoms with Crippen LogP contribution in [0.1, 0.15) is 19.8 Å². The van der Waals surface area contributed by atoms with Crippen LogP contribution in [0, 0.1) is 5.92 Å². The summed E-state index contributed by atoms with van der Waals surface area (Å²) in [6, 6.07) is 9.06. The average Bonchev–Trinajstić information content (AvgIpc) is 3.32. The number of aryl methyl sites for hydroxylation is 1. The summed E-state index contributed by atoms with van der Waals surface area (Å²) in [5, 5.41) is 0. The zero-order valence-corrected chi connectivity index (χ0v) is 20.8. The molecule has 1 aliphatic rings. The van der Waals surface area contributed by atoms with Crippen molar-refractivity contribution in [2.75, 3.05) is 13.1 Å². The fourth-order valence-corrected chi connectivity index (χ4v) is 8.50. The molecule has 0 N–H and O–H groups in total. The smallest absolute Gasteiger partial charge is 0.252 e. The number of thiophene rings is 1. The lowest BCUT2D eigenvalue weighted by atomic mass is 9.98. The fourth-order valence-electron chi connectivity index (χ4n) is 3.56. The Hall–Kier alpha value is -1.04. The third-order valence-corrected chi connectivity index (χ3v) is 10.4. The van der Waals surface area contributed by atoms with Crippen molar-refractivity contribution < 1.29 is 13.2 Å². The van der Waals surface area contributed by atoms with Crippen LogP contribution in [-0.4, -0.2) is 36.3 Å². The van der Waals surface area contributed by atoms with Gasteiger partial charge in [0, 0.05) is 30.0 Å². The summed E-state index contributed by atoms with van der Waals surface area (Å²) in [6.45, 7) is 3.33. The molecule has 11 heteroatoms. The van der Waals surface area contributed by atoms with E-state index < -0.39 is 10.0 Å². The molecule has 1 aliphatic heterocycles. The Morgan fingerprint density at radius 1 is 1.23 bits per heavy atom. The summed E-state index contributed by atoms with van der Waals surface area (Å²) in [7, 11) is -3.56. The van der Waals surface area contributed by atoms with E-state index in [0.717, 1.165) is 26.0 Å². The minimum atomic E-state index is -3.56. The second kappa shape index (κ2) is 8.84. The summed E-state index contributed by atoms with van der Waals surface area (Å²) in [6.07, 6.45) is 0.919. The zero-order chi connectivity index (χ0) is 21.5. The number of amides is 1. The molecule has 160 valence electrons. The van der Waals surface area contributed by atoms with E-state index in [4.69, 9.17) is 11.6 Å². The van der Waals surface area contributed by atoms with Crippen LogP contribution >= 0.6 is 50.2 Å². The molecule has 1 saturated heterocycles. The third kappa shape index (κ3) is 4.18. The second-order valence-corrected chi connectivity index (χ2v) is 12.6. The number of carbonyl (C=O) groups excluding carboxylic acids is 1. The number of aromatic nitrogens is 1. The van der Waals surface area contributed by atoms with Crippen LogP contribution < -0.4 is 4.80 Å². The molecular weight excluding hydrogens is 530 g/mol. The van der Waals surface area contributed by atoms with Crippen molar-refractivity contribution in [1.82, 2.24) is 8.87 Å². The topological polar surface area (TPSA) is 71.7 Å².